The predicted molar refractivity (Wildman–Crippen MR) is 128 cm³/mol. The number of aliphatic carboxylic acids is 1. The Labute approximate surface area is 200 Å². The first-order chi connectivity index (χ1) is 15.9. The molecule has 7 nitrogen and oxygen atoms in total. The van der Waals surface area contributed by atoms with Gasteiger partial charge in [0, 0.05) is 17.4 Å². The number of carboxylic acids is 1. The van der Waals surface area contributed by atoms with Crippen LogP contribution >= 0.6 is 23.4 Å². The van der Waals surface area contributed by atoms with E-state index >= 15 is 0 Å². The number of carboxylic acid groups (broad SMARTS) is 1. The topological polar surface area (TPSA) is 101 Å². The van der Waals surface area contributed by atoms with Crippen molar-refractivity contribution in [2.24, 2.45) is 0 Å². The summed E-state index contributed by atoms with van der Waals surface area (Å²) in [5.74, 6) is -0.218. The van der Waals surface area contributed by atoms with Crippen molar-refractivity contribution in [3.63, 3.8) is 0 Å². The summed E-state index contributed by atoms with van der Waals surface area (Å²) in [6.45, 7) is 1.93. The van der Waals surface area contributed by atoms with Crippen LogP contribution in [0.15, 0.2) is 54.6 Å². The number of halogens is 1. The molecule has 0 aliphatic heterocycles. The number of thioether (sulfide) groups is 1. The molecule has 2 N–H and O–H groups in total. The molecule has 1 aliphatic carbocycles. The van der Waals surface area contributed by atoms with Gasteiger partial charge in [-0.15, -0.1) is 0 Å². The molecule has 0 fully saturated rings. The molecule has 33 heavy (non-hydrogen) atoms. The summed E-state index contributed by atoms with van der Waals surface area (Å²) < 4.78 is 5.45. The number of benzene rings is 2. The molecule has 1 aliphatic rings. The van der Waals surface area contributed by atoms with Gasteiger partial charge in [-0.3, -0.25) is 0 Å². The van der Waals surface area contributed by atoms with E-state index in [0.717, 1.165) is 27.9 Å². The van der Waals surface area contributed by atoms with Gasteiger partial charge in [0.05, 0.1) is 5.75 Å². The second-order valence-corrected chi connectivity index (χ2v) is 9.04. The fraction of sp³-hybridized carbons (Fsp3) is 0.250. The summed E-state index contributed by atoms with van der Waals surface area (Å²) in [7, 11) is 0. The highest BCUT2D eigenvalue weighted by Gasteiger charge is 2.29. The summed E-state index contributed by atoms with van der Waals surface area (Å²) in [4.78, 5) is 32.4. The van der Waals surface area contributed by atoms with E-state index in [0.29, 0.717) is 16.7 Å². The van der Waals surface area contributed by atoms with Gasteiger partial charge in [0.2, 0.25) is 0 Å². The van der Waals surface area contributed by atoms with E-state index in [9.17, 15) is 14.7 Å². The first-order valence-electron chi connectivity index (χ1n) is 10.3. The molecule has 0 bridgehead atoms. The molecule has 1 unspecified atom stereocenters. The number of amides is 1. The number of aryl methyl sites for hydroxylation is 1. The minimum absolute atomic E-state index is 0.0935. The van der Waals surface area contributed by atoms with Crippen LogP contribution in [0.1, 0.15) is 28.6 Å². The number of fused-ring (bicyclic) bond motifs is 3. The molecule has 0 radical (unpaired) electrons. The van der Waals surface area contributed by atoms with Crippen molar-refractivity contribution in [3.05, 3.63) is 82.4 Å². The molecule has 4 rings (SSSR count). The number of carbonyl (C=O) groups is 2. The van der Waals surface area contributed by atoms with E-state index in [1.165, 1.54) is 11.8 Å². The molecule has 2 aromatic carbocycles. The van der Waals surface area contributed by atoms with Crippen LogP contribution in [-0.4, -0.2) is 45.5 Å². The van der Waals surface area contributed by atoms with Gasteiger partial charge in [-0.25, -0.2) is 19.6 Å². The number of carbonyl (C=O) groups excluding carboxylic acids is 1. The highest BCUT2D eigenvalue weighted by Crippen LogP contribution is 2.44. The van der Waals surface area contributed by atoms with Crippen LogP contribution in [-0.2, 0) is 15.3 Å². The summed E-state index contributed by atoms with van der Waals surface area (Å²) >= 11 is 7.23. The van der Waals surface area contributed by atoms with E-state index in [1.54, 1.807) is 13.0 Å². The van der Waals surface area contributed by atoms with E-state index in [-0.39, 0.29) is 18.3 Å². The molecule has 1 aromatic heterocycles. The van der Waals surface area contributed by atoms with E-state index in [2.05, 4.69) is 27.4 Å². The Kier molecular flexibility index (Phi) is 7.15. The summed E-state index contributed by atoms with van der Waals surface area (Å²) in [5, 5.41) is 12.3. The maximum absolute atomic E-state index is 12.4. The van der Waals surface area contributed by atoms with Crippen molar-refractivity contribution in [2.45, 2.75) is 24.6 Å². The lowest BCUT2D eigenvalue weighted by atomic mass is 9.98. The predicted octanol–water partition coefficient (Wildman–Crippen LogP) is 4.66. The van der Waals surface area contributed by atoms with Crippen LogP contribution in [0.4, 0.5) is 4.79 Å². The van der Waals surface area contributed by atoms with Crippen molar-refractivity contribution in [1.29, 1.82) is 0 Å². The molecule has 3 aromatic rings. The number of nitrogens with zero attached hydrogens (tertiary/aromatic N) is 2. The molecule has 1 heterocycles. The second kappa shape index (κ2) is 10.2. The number of hydrogen-bond donors (Lipinski definition) is 2. The molecule has 1 atom stereocenters. The second-order valence-electron chi connectivity index (χ2n) is 7.62. The molecule has 0 spiro atoms. The van der Waals surface area contributed by atoms with Gasteiger partial charge in [0.25, 0.3) is 0 Å². The molecule has 0 saturated carbocycles. The zero-order valence-corrected chi connectivity index (χ0v) is 19.4. The standard InChI is InChI=1S/C24H22ClN3O4S/c1-14-10-21(25)28-22(26-14)13-33-12-20(23(29)30)27-24(31)32-11-19-17-8-4-2-6-15(17)16-7-3-5-9-18(16)19/h2-10,19-20H,11-13H2,1H3,(H,27,31)(H,29,30). The summed E-state index contributed by atoms with van der Waals surface area (Å²) in [6.07, 6.45) is -0.764. The zero-order chi connectivity index (χ0) is 23.4. The van der Waals surface area contributed by atoms with Crippen LogP contribution < -0.4 is 5.32 Å². The van der Waals surface area contributed by atoms with E-state index < -0.39 is 18.1 Å². The minimum Gasteiger partial charge on any atom is -0.480 e. The van der Waals surface area contributed by atoms with Crippen molar-refractivity contribution < 1.29 is 19.4 Å². The normalized spacial score (nSPS) is 13.2. The molecule has 1 amide bonds. The largest absolute Gasteiger partial charge is 0.480 e. The quantitative estimate of drug-likeness (QED) is 0.449. The minimum atomic E-state index is -1.14. The Hall–Kier alpha value is -3.10. The smallest absolute Gasteiger partial charge is 0.407 e. The van der Waals surface area contributed by atoms with Gasteiger partial charge in [-0.1, -0.05) is 60.1 Å². The average molecular weight is 484 g/mol. The Morgan fingerprint density at radius 3 is 2.36 bits per heavy atom. The fourth-order valence-corrected chi connectivity index (χ4v) is 5.03. The number of nitrogens with one attached hydrogen (secondary N) is 1. The number of aromatic nitrogens is 2. The molecule has 170 valence electrons. The SMILES string of the molecule is Cc1cc(Cl)nc(CSCC(NC(=O)OCC2c3ccccc3-c3ccccc32)C(=O)O)n1. The number of hydrogen-bond acceptors (Lipinski definition) is 6. The maximum Gasteiger partial charge on any atom is 0.407 e. The lowest BCUT2D eigenvalue weighted by Gasteiger charge is -2.17. The lowest BCUT2D eigenvalue weighted by molar-refractivity contribution is -0.138. The van der Waals surface area contributed by atoms with Crippen molar-refractivity contribution in [2.75, 3.05) is 12.4 Å². The Morgan fingerprint density at radius 1 is 1.12 bits per heavy atom. The molecular formula is C24H22ClN3O4S. The van der Waals surface area contributed by atoms with Gasteiger partial charge >= 0.3 is 12.1 Å². The molecular weight excluding hydrogens is 462 g/mol. The first kappa shape index (κ1) is 23.1. The van der Waals surface area contributed by atoms with Crippen molar-refractivity contribution in [3.8, 4) is 11.1 Å². The fourth-order valence-electron chi connectivity index (χ4n) is 3.88. The average Bonchev–Trinajstić information content (AvgIpc) is 3.10. The van der Waals surface area contributed by atoms with Crippen LogP contribution in [0.3, 0.4) is 0 Å². The Morgan fingerprint density at radius 2 is 1.76 bits per heavy atom. The number of alkyl carbamates (subject to hydrolysis) is 1. The van der Waals surface area contributed by atoms with Crippen molar-refractivity contribution >= 4 is 35.4 Å². The molecule has 0 saturated heterocycles. The summed E-state index contributed by atoms with van der Waals surface area (Å²) in [5.41, 5.74) is 5.17. The Balaban J connectivity index is 1.34. The van der Waals surface area contributed by atoms with Crippen LogP contribution in [0.5, 0.6) is 0 Å². The van der Waals surface area contributed by atoms with Gasteiger partial charge in [0.15, 0.2) is 0 Å². The third-order valence-corrected chi connectivity index (χ3v) is 6.54. The first-order valence-corrected chi connectivity index (χ1v) is 11.9. The van der Waals surface area contributed by atoms with Gasteiger partial charge < -0.3 is 15.2 Å². The lowest BCUT2D eigenvalue weighted by Crippen LogP contribution is -2.43. The van der Waals surface area contributed by atoms with Crippen LogP contribution in [0.25, 0.3) is 11.1 Å². The van der Waals surface area contributed by atoms with E-state index in [1.807, 2.05) is 36.4 Å². The highest BCUT2D eigenvalue weighted by molar-refractivity contribution is 7.98. The third kappa shape index (κ3) is 5.46. The molecule has 9 heteroatoms. The van der Waals surface area contributed by atoms with Gasteiger partial charge in [0.1, 0.15) is 23.6 Å². The maximum atomic E-state index is 12.4. The van der Waals surface area contributed by atoms with Crippen LogP contribution in [0, 0.1) is 6.92 Å². The van der Waals surface area contributed by atoms with Gasteiger partial charge in [-0.2, -0.15) is 11.8 Å². The Bertz CT molecular complexity index is 1120. The van der Waals surface area contributed by atoms with Crippen molar-refractivity contribution in [1.82, 2.24) is 15.3 Å². The van der Waals surface area contributed by atoms with Gasteiger partial charge in [-0.05, 0) is 35.2 Å². The number of rotatable bonds is 8. The number of ether oxygens (including phenoxy) is 1. The highest BCUT2D eigenvalue weighted by atomic mass is 35.5. The van der Waals surface area contributed by atoms with E-state index in [4.69, 9.17) is 16.3 Å². The monoisotopic (exact) mass is 483 g/mol. The zero-order valence-electron chi connectivity index (χ0n) is 17.8. The van der Waals surface area contributed by atoms with Crippen LogP contribution in [0.2, 0.25) is 5.15 Å². The third-order valence-electron chi connectivity index (χ3n) is 5.32. The summed E-state index contributed by atoms with van der Waals surface area (Å²) in [6, 6.07) is 16.6.